The summed E-state index contributed by atoms with van der Waals surface area (Å²) < 4.78 is 0. The average molecular weight is 270 g/mol. The highest BCUT2D eigenvalue weighted by Crippen LogP contribution is 2.14. The number of amides is 3. The van der Waals surface area contributed by atoms with Gasteiger partial charge in [-0.1, -0.05) is 20.3 Å². The first-order valence-corrected chi connectivity index (χ1v) is 7.08. The molecule has 0 aromatic heterocycles. The van der Waals surface area contributed by atoms with E-state index in [1.54, 1.807) is 0 Å². The molecule has 1 rings (SSSR count). The van der Waals surface area contributed by atoms with Crippen molar-refractivity contribution in [2.75, 3.05) is 26.2 Å². The van der Waals surface area contributed by atoms with Gasteiger partial charge < -0.3 is 11.1 Å². The van der Waals surface area contributed by atoms with E-state index in [1.165, 1.54) is 0 Å². The van der Waals surface area contributed by atoms with Crippen LogP contribution in [0.1, 0.15) is 33.1 Å². The Morgan fingerprint density at radius 3 is 2.79 bits per heavy atom. The van der Waals surface area contributed by atoms with Gasteiger partial charge in [0.1, 0.15) is 0 Å². The van der Waals surface area contributed by atoms with Crippen LogP contribution in [0.15, 0.2) is 0 Å². The minimum absolute atomic E-state index is 0.111. The summed E-state index contributed by atoms with van der Waals surface area (Å²) in [7, 11) is 0. The molecule has 0 bridgehead atoms. The maximum Gasteiger partial charge on any atom is 0.321 e. The summed E-state index contributed by atoms with van der Waals surface area (Å²) >= 11 is 0. The third-order valence-corrected chi connectivity index (χ3v) is 3.54. The molecule has 0 saturated carbocycles. The monoisotopic (exact) mass is 270 g/mol. The zero-order valence-electron chi connectivity index (χ0n) is 11.9. The van der Waals surface area contributed by atoms with E-state index < -0.39 is 6.03 Å². The Morgan fingerprint density at radius 2 is 2.16 bits per heavy atom. The smallest absolute Gasteiger partial charge is 0.321 e. The van der Waals surface area contributed by atoms with Gasteiger partial charge in [0.15, 0.2) is 0 Å². The Morgan fingerprint density at radius 1 is 1.42 bits per heavy atom. The number of nitrogens with two attached hydrogens (primary N) is 1. The Bertz CT molecular complexity index is 309. The third-order valence-electron chi connectivity index (χ3n) is 3.54. The number of likely N-dealkylation sites (tertiary alicyclic amines) is 1. The van der Waals surface area contributed by atoms with Crippen molar-refractivity contribution in [1.82, 2.24) is 15.5 Å². The molecule has 19 heavy (non-hydrogen) atoms. The molecule has 3 amide bonds. The van der Waals surface area contributed by atoms with Gasteiger partial charge in [-0.25, -0.2) is 4.79 Å². The molecule has 0 radical (unpaired) electrons. The zero-order valence-corrected chi connectivity index (χ0v) is 11.9. The van der Waals surface area contributed by atoms with Gasteiger partial charge in [-0.2, -0.15) is 0 Å². The number of unbranched alkanes of at least 4 members (excludes halogenated alkanes) is 1. The molecular weight excluding hydrogens is 244 g/mol. The van der Waals surface area contributed by atoms with Crippen molar-refractivity contribution in [2.24, 2.45) is 11.7 Å². The van der Waals surface area contributed by atoms with Crippen LogP contribution in [0.5, 0.6) is 0 Å². The van der Waals surface area contributed by atoms with Crippen LogP contribution in [-0.4, -0.2) is 49.1 Å². The van der Waals surface area contributed by atoms with Gasteiger partial charge >= 0.3 is 6.03 Å². The lowest BCUT2D eigenvalue weighted by Gasteiger charge is -2.34. The lowest BCUT2D eigenvalue weighted by molar-refractivity contribution is -0.121. The number of rotatable bonds is 5. The lowest BCUT2D eigenvalue weighted by Crippen LogP contribution is -2.51. The molecule has 0 aromatic rings. The number of nitrogens with one attached hydrogen (secondary N) is 2. The number of piperidine rings is 1. The number of urea groups is 1. The first-order valence-electron chi connectivity index (χ1n) is 7.08. The molecule has 6 heteroatoms. The van der Waals surface area contributed by atoms with Gasteiger partial charge in [0.2, 0.25) is 5.91 Å². The number of carbonyl (C=O) groups is 2. The van der Waals surface area contributed by atoms with Crippen molar-refractivity contribution in [3.05, 3.63) is 0 Å². The van der Waals surface area contributed by atoms with Crippen molar-refractivity contribution < 1.29 is 9.59 Å². The lowest BCUT2D eigenvalue weighted by atomic mass is 9.94. The van der Waals surface area contributed by atoms with E-state index in [2.05, 4.69) is 17.6 Å². The molecule has 110 valence electrons. The predicted octanol–water partition coefficient (Wildman–Crippen LogP) is 0.281. The summed E-state index contributed by atoms with van der Waals surface area (Å²) in [5.74, 6) is 0.229. The second-order valence-corrected chi connectivity index (χ2v) is 5.32. The normalized spacial score (nSPS) is 23.9. The average Bonchev–Trinajstić information content (AvgIpc) is 2.34. The maximum atomic E-state index is 11.7. The minimum Gasteiger partial charge on any atom is -0.338 e. The molecule has 0 spiro atoms. The van der Waals surface area contributed by atoms with Gasteiger partial charge in [-0.05, 0) is 25.3 Å². The molecule has 0 aromatic carbocycles. The highest BCUT2D eigenvalue weighted by atomic mass is 16.2. The van der Waals surface area contributed by atoms with Gasteiger partial charge in [0, 0.05) is 19.1 Å². The third kappa shape index (κ3) is 6.02. The Labute approximate surface area is 115 Å². The van der Waals surface area contributed by atoms with Crippen LogP contribution in [0.3, 0.4) is 0 Å². The van der Waals surface area contributed by atoms with Crippen molar-refractivity contribution in [3.8, 4) is 0 Å². The van der Waals surface area contributed by atoms with E-state index >= 15 is 0 Å². The SMILES string of the molecule is CCCCNC(=O)NC(=O)CN1CCC(C)C(N)C1. The molecule has 0 aliphatic carbocycles. The van der Waals surface area contributed by atoms with E-state index in [9.17, 15) is 9.59 Å². The van der Waals surface area contributed by atoms with Gasteiger partial charge in [0.05, 0.1) is 6.54 Å². The first-order chi connectivity index (χ1) is 9.02. The number of carbonyl (C=O) groups excluding carboxylic acids is 2. The molecule has 1 heterocycles. The second kappa shape index (κ2) is 8.12. The van der Waals surface area contributed by atoms with Crippen LogP contribution in [0.25, 0.3) is 0 Å². The second-order valence-electron chi connectivity index (χ2n) is 5.32. The molecular formula is C13H26N4O2. The first kappa shape index (κ1) is 15.9. The predicted molar refractivity (Wildman–Crippen MR) is 74.6 cm³/mol. The number of nitrogens with zero attached hydrogens (tertiary/aromatic N) is 1. The van der Waals surface area contributed by atoms with Crippen molar-refractivity contribution in [3.63, 3.8) is 0 Å². The summed E-state index contributed by atoms with van der Waals surface area (Å²) in [5.41, 5.74) is 5.97. The summed E-state index contributed by atoms with van der Waals surface area (Å²) in [6, 6.07) is -0.298. The number of hydrogen-bond donors (Lipinski definition) is 3. The summed E-state index contributed by atoms with van der Waals surface area (Å²) in [6.07, 6.45) is 2.93. The molecule has 1 aliphatic heterocycles. The number of imide groups is 1. The largest absolute Gasteiger partial charge is 0.338 e. The van der Waals surface area contributed by atoms with Crippen LogP contribution >= 0.6 is 0 Å². The van der Waals surface area contributed by atoms with Crippen molar-refractivity contribution >= 4 is 11.9 Å². The van der Waals surface area contributed by atoms with Gasteiger partial charge in [0.25, 0.3) is 0 Å². The van der Waals surface area contributed by atoms with Crippen molar-refractivity contribution in [1.29, 1.82) is 0 Å². The fourth-order valence-corrected chi connectivity index (χ4v) is 2.11. The Balaban J connectivity index is 2.22. The summed E-state index contributed by atoms with van der Waals surface area (Å²) in [5, 5.41) is 4.99. The van der Waals surface area contributed by atoms with Crippen LogP contribution < -0.4 is 16.4 Å². The van der Waals surface area contributed by atoms with E-state index in [1.807, 2.05) is 11.8 Å². The van der Waals surface area contributed by atoms with Gasteiger partial charge in [-0.15, -0.1) is 0 Å². The molecule has 1 fully saturated rings. The van der Waals surface area contributed by atoms with Crippen LogP contribution in [0.4, 0.5) is 4.79 Å². The molecule has 6 nitrogen and oxygen atoms in total. The van der Waals surface area contributed by atoms with Crippen LogP contribution in [0.2, 0.25) is 0 Å². The molecule has 4 N–H and O–H groups in total. The van der Waals surface area contributed by atoms with E-state index in [-0.39, 0.29) is 18.5 Å². The molecule has 1 aliphatic rings. The van der Waals surface area contributed by atoms with E-state index in [4.69, 9.17) is 5.73 Å². The fraction of sp³-hybridized carbons (Fsp3) is 0.846. The fourth-order valence-electron chi connectivity index (χ4n) is 2.11. The quantitative estimate of drug-likeness (QED) is 0.626. The number of hydrogen-bond acceptors (Lipinski definition) is 4. The standard InChI is InChI=1S/C13H26N4O2/c1-3-4-6-15-13(19)16-12(18)9-17-7-5-10(2)11(14)8-17/h10-11H,3-9,14H2,1-2H3,(H2,15,16,18,19). The summed E-state index contributed by atoms with van der Waals surface area (Å²) in [6.45, 7) is 6.59. The van der Waals surface area contributed by atoms with E-state index in [0.717, 1.165) is 25.8 Å². The van der Waals surface area contributed by atoms with Crippen LogP contribution in [0, 0.1) is 5.92 Å². The molecule has 2 atom stereocenters. The van der Waals surface area contributed by atoms with Crippen LogP contribution in [-0.2, 0) is 4.79 Å². The highest BCUT2D eigenvalue weighted by molar-refractivity contribution is 5.95. The Hall–Kier alpha value is -1.14. The minimum atomic E-state index is -0.409. The molecule has 1 saturated heterocycles. The molecule has 2 unspecified atom stereocenters. The topological polar surface area (TPSA) is 87.5 Å². The Kier molecular flexibility index (Phi) is 6.80. The van der Waals surface area contributed by atoms with Gasteiger partial charge in [-0.3, -0.25) is 15.0 Å². The summed E-state index contributed by atoms with van der Waals surface area (Å²) in [4.78, 5) is 25.1. The highest BCUT2D eigenvalue weighted by Gasteiger charge is 2.24. The van der Waals surface area contributed by atoms with E-state index in [0.29, 0.717) is 19.0 Å². The zero-order chi connectivity index (χ0) is 14.3. The van der Waals surface area contributed by atoms with Crippen molar-refractivity contribution in [2.45, 2.75) is 39.2 Å². The maximum absolute atomic E-state index is 11.7.